The van der Waals surface area contributed by atoms with Crippen LogP contribution in [-0.2, 0) is 14.3 Å². The SMILES string of the molecule is CC(C)(C)OC(=O)/C(=C\C1CCCCC1)C(=O)[O-]. The largest absolute Gasteiger partial charge is 0.545 e. The predicted octanol–water partition coefficient (Wildman–Crippen LogP) is 1.58. The fourth-order valence-electron chi connectivity index (χ4n) is 2.09. The first-order valence-electron chi connectivity index (χ1n) is 6.46. The Bertz CT molecular complexity index is 343. The maximum Gasteiger partial charge on any atom is 0.340 e. The van der Waals surface area contributed by atoms with E-state index in [0.29, 0.717) is 0 Å². The third-order valence-electron chi connectivity index (χ3n) is 2.89. The molecular weight excluding hydrogens is 232 g/mol. The van der Waals surface area contributed by atoms with Gasteiger partial charge in [-0.3, -0.25) is 0 Å². The van der Waals surface area contributed by atoms with Crippen LogP contribution in [0.5, 0.6) is 0 Å². The second-order valence-corrected chi connectivity index (χ2v) is 5.77. The Hall–Kier alpha value is -1.32. The molecule has 0 amide bonds. The quantitative estimate of drug-likeness (QED) is 0.331. The number of carboxylic acid groups (broad SMARTS) is 1. The number of allylic oxidation sites excluding steroid dienone is 1. The van der Waals surface area contributed by atoms with Crippen molar-refractivity contribution in [1.29, 1.82) is 0 Å². The number of hydrogen-bond acceptors (Lipinski definition) is 4. The van der Waals surface area contributed by atoms with Crippen LogP contribution in [0.15, 0.2) is 11.6 Å². The van der Waals surface area contributed by atoms with E-state index in [-0.39, 0.29) is 11.5 Å². The van der Waals surface area contributed by atoms with Crippen molar-refractivity contribution in [3.63, 3.8) is 0 Å². The monoisotopic (exact) mass is 253 g/mol. The van der Waals surface area contributed by atoms with Gasteiger partial charge in [0.2, 0.25) is 0 Å². The van der Waals surface area contributed by atoms with E-state index in [2.05, 4.69) is 0 Å². The number of rotatable bonds is 3. The van der Waals surface area contributed by atoms with Crippen LogP contribution in [0, 0.1) is 5.92 Å². The van der Waals surface area contributed by atoms with E-state index in [1.54, 1.807) is 20.8 Å². The first kappa shape index (κ1) is 14.7. The first-order valence-corrected chi connectivity index (χ1v) is 6.46. The van der Waals surface area contributed by atoms with Gasteiger partial charge < -0.3 is 14.6 Å². The van der Waals surface area contributed by atoms with Crippen LogP contribution in [0.1, 0.15) is 52.9 Å². The number of carbonyl (C=O) groups excluding carboxylic acids is 2. The summed E-state index contributed by atoms with van der Waals surface area (Å²) < 4.78 is 5.07. The van der Waals surface area contributed by atoms with Crippen molar-refractivity contribution in [2.75, 3.05) is 0 Å². The van der Waals surface area contributed by atoms with E-state index in [1.807, 2.05) is 0 Å². The van der Waals surface area contributed by atoms with Gasteiger partial charge in [-0.15, -0.1) is 0 Å². The summed E-state index contributed by atoms with van der Waals surface area (Å²) in [5, 5.41) is 11.0. The van der Waals surface area contributed by atoms with Crippen molar-refractivity contribution in [2.24, 2.45) is 5.92 Å². The number of carbonyl (C=O) groups is 2. The standard InChI is InChI=1S/C14H22O4/c1-14(2,3)18-13(17)11(12(15)16)9-10-7-5-4-6-8-10/h9-10H,4-8H2,1-3H3,(H,15,16)/p-1/b11-9-. The molecule has 102 valence electrons. The Balaban J connectivity index is 2.78. The molecule has 18 heavy (non-hydrogen) atoms. The third kappa shape index (κ3) is 4.90. The summed E-state index contributed by atoms with van der Waals surface area (Å²) >= 11 is 0. The molecule has 0 radical (unpaired) electrons. The molecule has 0 aromatic heterocycles. The Morgan fingerprint density at radius 3 is 2.17 bits per heavy atom. The van der Waals surface area contributed by atoms with Crippen molar-refractivity contribution in [3.05, 3.63) is 11.6 Å². The zero-order valence-corrected chi connectivity index (χ0v) is 11.3. The molecule has 4 nitrogen and oxygen atoms in total. The lowest BCUT2D eigenvalue weighted by atomic mass is 9.88. The van der Waals surface area contributed by atoms with Gasteiger partial charge in [0, 0.05) is 0 Å². The van der Waals surface area contributed by atoms with Crippen molar-refractivity contribution in [3.8, 4) is 0 Å². The highest BCUT2D eigenvalue weighted by Crippen LogP contribution is 2.26. The summed E-state index contributed by atoms with van der Waals surface area (Å²) in [6.07, 6.45) is 6.71. The Kier molecular flexibility index (Phi) is 4.93. The minimum atomic E-state index is -1.45. The smallest absolute Gasteiger partial charge is 0.340 e. The van der Waals surface area contributed by atoms with Crippen LogP contribution < -0.4 is 5.11 Å². The summed E-state index contributed by atoms with van der Waals surface area (Å²) in [5.41, 5.74) is -1.03. The van der Waals surface area contributed by atoms with Gasteiger partial charge in [0.25, 0.3) is 0 Å². The number of aliphatic carboxylic acids is 1. The fourth-order valence-corrected chi connectivity index (χ4v) is 2.09. The summed E-state index contributed by atoms with van der Waals surface area (Å²) in [6, 6.07) is 0. The molecule has 0 aromatic carbocycles. The van der Waals surface area contributed by atoms with Crippen LogP contribution in [0.2, 0.25) is 0 Å². The van der Waals surface area contributed by atoms with E-state index in [0.717, 1.165) is 25.7 Å². The minimum absolute atomic E-state index is 0.152. The van der Waals surface area contributed by atoms with Gasteiger partial charge >= 0.3 is 5.97 Å². The molecule has 0 unspecified atom stereocenters. The highest BCUT2D eigenvalue weighted by atomic mass is 16.6. The van der Waals surface area contributed by atoms with Gasteiger partial charge in [-0.25, -0.2) is 4.79 Å². The van der Waals surface area contributed by atoms with E-state index in [1.165, 1.54) is 12.5 Å². The molecular formula is C14H21O4-. The zero-order chi connectivity index (χ0) is 13.8. The van der Waals surface area contributed by atoms with Gasteiger partial charge in [-0.05, 0) is 39.5 Å². The Morgan fingerprint density at radius 2 is 1.72 bits per heavy atom. The molecule has 1 aliphatic rings. The average molecular weight is 253 g/mol. The van der Waals surface area contributed by atoms with Crippen LogP contribution in [0.4, 0.5) is 0 Å². The third-order valence-corrected chi connectivity index (χ3v) is 2.89. The van der Waals surface area contributed by atoms with Crippen molar-refractivity contribution in [1.82, 2.24) is 0 Å². The molecule has 0 saturated heterocycles. The van der Waals surface area contributed by atoms with E-state index < -0.39 is 17.5 Å². The molecule has 0 N–H and O–H groups in total. The molecule has 0 atom stereocenters. The highest BCUT2D eigenvalue weighted by Gasteiger charge is 2.22. The number of ether oxygens (including phenoxy) is 1. The zero-order valence-electron chi connectivity index (χ0n) is 11.3. The van der Waals surface area contributed by atoms with E-state index in [4.69, 9.17) is 4.74 Å². The molecule has 1 rings (SSSR count). The van der Waals surface area contributed by atoms with E-state index in [9.17, 15) is 14.7 Å². The van der Waals surface area contributed by atoms with Crippen LogP contribution in [-0.4, -0.2) is 17.5 Å². The molecule has 4 heteroatoms. The topological polar surface area (TPSA) is 66.4 Å². The Labute approximate surface area is 108 Å². The molecule has 0 heterocycles. The number of esters is 1. The lowest BCUT2D eigenvalue weighted by Gasteiger charge is -2.23. The molecule has 0 aromatic rings. The number of carboxylic acids is 1. The number of hydrogen-bond donors (Lipinski definition) is 0. The molecule has 1 aliphatic carbocycles. The van der Waals surface area contributed by atoms with Crippen molar-refractivity contribution < 1.29 is 19.4 Å². The highest BCUT2D eigenvalue weighted by molar-refractivity contribution is 6.12. The van der Waals surface area contributed by atoms with Crippen LogP contribution in [0.25, 0.3) is 0 Å². The lowest BCUT2D eigenvalue weighted by molar-refractivity contribution is -0.299. The summed E-state index contributed by atoms with van der Waals surface area (Å²) in [7, 11) is 0. The normalized spacial score (nSPS) is 18.5. The molecule has 1 fully saturated rings. The second kappa shape index (κ2) is 6.03. The summed E-state index contributed by atoms with van der Waals surface area (Å²) in [4.78, 5) is 22.8. The van der Waals surface area contributed by atoms with Crippen molar-refractivity contribution >= 4 is 11.9 Å². The van der Waals surface area contributed by atoms with Crippen molar-refractivity contribution in [2.45, 2.75) is 58.5 Å². The fraction of sp³-hybridized carbons (Fsp3) is 0.714. The van der Waals surface area contributed by atoms with E-state index >= 15 is 0 Å². The van der Waals surface area contributed by atoms with Gasteiger partial charge in [0.1, 0.15) is 5.60 Å². The average Bonchev–Trinajstić information content (AvgIpc) is 2.24. The summed E-state index contributed by atoms with van der Waals surface area (Å²) in [6.45, 7) is 5.12. The molecule has 0 bridgehead atoms. The van der Waals surface area contributed by atoms with Crippen LogP contribution in [0.3, 0.4) is 0 Å². The molecule has 1 saturated carbocycles. The second-order valence-electron chi connectivity index (χ2n) is 5.77. The maximum absolute atomic E-state index is 11.8. The predicted molar refractivity (Wildman–Crippen MR) is 65.5 cm³/mol. The first-order chi connectivity index (χ1) is 8.29. The Morgan fingerprint density at radius 1 is 1.17 bits per heavy atom. The van der Waals surface area contributed by atoms with Gasteiger partial charge in [0.05, 0.1) is 11.5 Å². The molecule has 0 aliphatic heterocycles. The van der Waals surface area contributed by atoms with Gasteiger partial charge in [0.15, 0.2) is 0 Å². The van der Waals surface area contributed by atoms with Gasteiger partial charge in [-0.2, -0.15) is 0 Å². The minimum Gasteiger partial charge on any atom is -0.545 e. The lowest BCUT2D eigenvalue weighted by Crippen LogP contribution is -2.34. The summed E-state index contributed by atoms with van der Waals surface area (Å²) in [5.74, 6) is -2.10. The van der Waals surface area contributed by atoms with Gasteiger partial charge in [-0.1, -0.05) is 25.3 Å². The molecule has 0 spiro atoms. The maximum atomic E-state index is 11.8. The van der Waals surface area contributed by atoms with Crippen LogP contribution >= 0.6 is 0 Å².